The number of nitrogens with two attached hydrogens (primary N) is 1. The van der Waals surface area contributed by atoms with Crippen LogP contribution in [0.2, 0.25) is 0 Å². The van der Waals surface area contributed by atoms with Gasteiger partial charge in [0.2, 0.25) is 0 Å². The summed E-state index contributed by atoms with van der Waals surface area (Å²) >= 11 is 0. The summed E-state index contributed by atoms with van der Waals surface area (Å²) in [6, 6.07) is 9.76. The molecule has 0 amide bonds. The van der Waals surface area contributed by atoms with Crippen LogP contribution < -0.4 is 10.6 Å². The number of rotatable bonds is 4. The molecule has 1 fully saturated rings. The predicted molar refractivity (Wildman–Crippen MR) is 86.2 cm³/mol. The van der Waals surface area contributed by atoms with E-state index in [1.165, 1.54) is 49.9 Å². The Kier molecular flexibility index (Phi) is 4.30. The van der Waals surface area contributed by atoms with E-state index in [9.17, 15) is 0 Å². The van der Waals surface area contributed by atoms with Crippen LogP contribution in [0.4, 0.5) is 5.69 Å². The highest BCUT2D eigenvalue weighted by molar-refractivity contribution is 5.61. The highest BCUT2D eigenvalue weighted by Crippen LogP contribution is 2.42. The second-order valence-corrected chi connectivity index (χ2v) is 6.57. The number of nitrogens with zero attached hydrogens (tertiary/aromatic N) is 1. The van der Waals surface area contributed by atoms with Crippen molar-refractivity contribution in [3.63, 3.8) is 0 Å². The third-order valence-corrected chi connectivity index (χ3v) is 5.45. The molecule has 0 saturated heterocycles. The minimum atomic E-state index is 0.653. The van der Waals surface area contributed by atoms with Crippen LogP contribution in [-0.2, 0) is 0 Å². The quantitative estimate of drug-likeness (QED) is 0.900. The molecule has 2 heteroatoms. The van der Waals surface area contributed by atoms with Gasteiger partial charge >= 0.3 is 0 Å². The molecule has 2 nitrogen and oxygen atoms in total. The number of hydrogen-bond acceptors (Lipinski definition) is 2. The lowest BCUT2D eigenvalue weighted by Crippen LogP contribution is -2.37. The zero-order valence-corrected chi connectivity index (χ0v) is 12.7. The molecule has 20 heavy (non-hydrogen) atoms. The van der Waals surface area contributed by atoms with Crippen molar-refractivity contribution in [1.29, 1.82) is 0 Å². The first-order valence-corrected chi connectivity index (χ1v) is 8.39. The molecule has 1 aromatic rings. The Morgan fingerprint density at radius 2 is 1.90 bits per heavy atom. The smallest absolute Gasteiger partial charge is 0.0405 e. The van der Waals surface area contributed by atoms with Gasteiger partial charge in [0.05, 0.1) is 0 Å². The van der Waals surface area contributed by atoms with Crippen molar-refractivity contribution >= 4 is 5.69 Å². The SMILES string of the molecule is CCC1CCC(N2CC(CCN)c3ccccc32)CC1. The van der Waals surface area contributed by atoms with Gasteiger partial charge in [-0.25, -0.2) is 0 Å². The molecule has 1 unspecified atom stereocenters. The maximum Gasteiger partial charge on any atom is 0.0405 e. The zero-order chi connectivity index (χ0) is 13.9. The molecule has 0 spiro atoms. The molecular formula is C18H28N2. The average Bonchev–Trinajstić information content (AvgIpc) is 2.87. The predicted octanol–water partition coefficient (Wildman–Crippen LogP) is 3.91. The van der Waals surface area contributed by atoms with Gasteiger partial charge in [-0.3, -0.25) is 0 Å². The second-order valence-electron chi connectivity index (χ2n) is 6.57. The molecule has 2 N–H and O–H groups in total. The van der Waals surface area contributed by atoms with Gasteiger partial charge < -0.3 is 10.6 Å². The Balaban J connectivity index is 1.75. The van der Waals surface area contributed by atoms with Crippen molar-refractivity contribution in [2.75, 3.05) is 18.0 Å². The van der Waals surface area contributed by atoms with Crippen molar-refractivity contribution in [2.24, 2.45) is 11.7 Å². The van der Waals surface area contributed by atoms with Gasteiger partial charge in [-0.2, -0.15) is 0 Å². The Morgan fingerprint density at radius 1 is 1.15 bits per heavy atom. The van der Waals surface area contributed by atoms with Gasteiger partial charge in [0.15, 0.2) is 0 Å². The maximum atomic E-state index is 5.81. The summed E-state index contributed by atoms with van der Waals surface area (Å²) in [6.45, 7) is 4.33. The molecule has 1 aromatic carbocycles. The standard InChI is InChI=1S/C18H28N2/c1-2-14-7-9-16(10-8-14)20-13-15(11-12-19)17-5-3-4-6-18(17)20/h3-6,14-16H,2,7-13,19H2,1H3. The fourth-order valence-corrected chi connectivity index (χ4v) is 4.19. The summed E-state index contributed by atoms with van der Waals surface area (Å²) in [5.41, 5.74) is 8.84. The zero-order valence-electron chi connectivity index (χ0n) is 12.7. The first-order valence-electron chi connectivity index (χ1n) is 8.39. The molecule has 1 heterocycles. The van der Waals surface area contributed by atoms with E-state index in [1.54, 1.807) is 0 Å². The van der Waals surface area contributed by atoms with Crippen LogP contribution in [0, 0.1) is 5.92 Å². The molecule has 110 valence electrons. The number of benzene rings is 1. The van der Waals surface area contributed by atoms with E-state index in [2.05, 4.69) is 36.1 Å². The van der Waals surface area contributed by atoms with Crippen LogP contribution in [0.5, 0.6) is 0 Å². The molecule has 0 aromatic heterocycles. The van der Waals surface area contributed by atoms with E-state index in [-0.39, 0.29) is 0 Å². The normalized spacial score (nSPS) is 29.5. The topological polar surface area (TPSA) is 29.3 Å². The highest BCUT2D eigenvalue weighted by Gasteiger charge is 2.33. The molecule has 0 radical (unpaired) electrons. The highest BCUT2D eigenvalue weighted by atomic mass is 15.2. The van der Waals surface area contributed by atoms with E-state index in [4.69, 9.17) is 5.73 Å². The summed E-state index contributed by atoms with van der Waals surface area (Å²) in [7, 11) is 0. The maximum absolute atomic E-state index is 5.81. The van der Waals surface area contributed by atoms with Crippen molar-refractivity contribution in [3.05, 3.63) is 29.8 Å². The van der Waals surface area contributed by atoms with Crippen molar-refractivity contribution in [1.82, 2.24) is 0 Å². The molecule has 1 saturated carbocycles. The lowest BCUT2D eigenvalue weighted by molar-refractivity contribution is 0.308. The first-order chi connectivity index (χ1) is 9.83. The van der Waals surface area contributed by atoms with Crippen LogP contribution in [0.1, 0.15) is 56.9 Å². The fourth-order valence-electron chi connectivity index (χ4n) is 4.19. The monoisotopic (exact) mass is 272 g/mol. The van der Waals surface area contributed by atoms with Crippen molar-refractivity contribution in [3.8, 4) is 0 Å². The number of hydrogen-bond donors (Lipinski definition) is 1. The van der Waals surface area contributed by atoms with E-state index in [1.807, 2.05) is 0 Å². The lowest BCUT2D eigenvalue weighted by atomic mass is 9.84. The number of fused-ring (bicyclic) bond motifs is 1. The van der Waals surface area contributed by atoms with E-state index >= 15 is 0 Å². The molecule has 0 bridgehead atoms. The van der Waals surface area contributed by atoms with E-state index < -0.39 is 0 Å². The summed E-state index contributed by atoms with van der Waals surface area (Å²) in [4.78, 5) is 2.70. The Morgan fingerprint density at radius 3 is 2.60 bits per heavy atom. The Hall–Kier alpha value is -1.02. The van der Waals surface area contributed by atoms with Crippen LogP contribution >= 0.6 is 0 Å². The summed E-state index contributed by atoms with van der Waals surface area (Å²) in [5, 5.41) is 0. The lowest BCUT2D eigenvalue weighted by Gasteiger charge is -2.36. The molecule has 1 atom stereocenters. The molecule has 2 aliphatic rings. The molecule has 3 rings (SSSR count). The van der Waals surface area contributed by atoms with Gasteiger partial charge in [-0.15, -0.1) is 0 Å². The summed E-state index contributed by atoms with van der Waals surface area (Å²) in [5.74, 6) is 1.63. The van der Waals surface area contributed by atoms with Gasteiger partial charge in [-0.05, 0) is 56.2 Å². The Bertz CT molecular complexity index is 435. The Labute approximate surface area is 123 Å². The van der Waals surface area contributed by atoms with Crippen molar-refractivity contribution in [2.45, 2.75) is 57.4 Å². The van der Waals surface area contributed by atoms with Gasteiger partial charge in [0.25, 0.3) is 0 Å². The first kappa shape index (κ1) is 13.9. The largest absolute Gasteiger partial charge is 0.368 e. The minimum absolute atomic E-state index is 0.653. The average molecular weight is 272 g/mol. The van der Waals surface area contributed by atoms with Gasteiger partial charge in [-0.1, -0.05) is 31.5 Å². The van der Waals surface area contributed by atoms with Crippen LogP contribution in [0.3, 0.4) is 0 Å². The summed E-state index contributed by atoms with van der Waals surface area (Å²) < 4.78 is 0. The minimum Gasteiger partial charge on any atom is -0.368 e. The number of anilines is 1. The second kappa shape index (κ2) is 6.17. The number of para-hydroxylation sites is 1. The van der Waals surface area contributed by atoms with Crippen LogP contribution in [-0.4, -0.2) is 19.1 Å². The third-order valence-electron chi connectivity index (χ3n) is 5.45. The van der Waals surface area contributed by atoms with E-state index in [0.717, 1.165) is 24.9 Å². The molecule has 1 aliphatic heterocycles. The van der Waals surface area contributed by atoms with Crippen LogP contribution in [0.15, 0.2) is 24.3 Å². The molecule has 1 aliphatic carbocycles. The van der Waals surface area contributed by atoms with Crippen molar-refractivity contribution < 1.29 is 0 Å². The van der Waals surface area contributed by atoms with E-state index in [0.29, 0.717) is 5.92 Å². The summed E-state index contributed by atoms with van der Waals surface area (Å²) in [6.07, 6.45) is 8.07. The van der Waals surface area contributed by atoms with Crippen LogP contribution in [0.25, 0.3) is 0 Å². The molecular weight excluding hydrogens is 244 g/mol. The third kappa shape index (κ3) is 2.58. The fraction of sp³-hybridized carbons (Fsp3) is 0.667. The van der Waals surface area contributed by atoms with Gasteiger partial charge in [0.1, 0.15) is 0 Å². The van der Waals surface area contributed by atoms with Gasteiger partial charge in [0, 0.05) is 24.2 Å².